The number of hydrogen-bond donors (Lipinski definition) is 0. The van der Waals surface area contributed by atoms with Gasteiger partial charge in [-0.3, -0.25) is 0 Å². The topological polar surface area (TPSA) is 0 Å². The molecule has 0 N–H and O–H groups in total. The fraction of sp³-hybridized carbons (Fsp3) is 0. The molecule has 1 aromatic heterocycles. The van der Waals surface area contributed by atoms with E-state index in [9.17, 15) is 0 Å². The average molecular weight is 207 g/mol. The Balaban J connectivity index is 2.46. The minimum absolute atomic E-state index is 0.571. The van der Waals surface area contributed by atoms with E-state index in [1.807, 2.05) is 0 Å². The fourth-order valence-corrected chi connectivity index (χ4v) is 2.58. The molecule has 1 heterocycles. The van der Waals surface area contributed by atoms with Gasteiger partial charge in [-0.2, -0.15) is 0 Å². The number of rotatable bonds is 1. The molecule has 0 saturated carbocycles. The second-order valence-corrected chi connectivity index (χ2v) is 4.33. The van der Waals surface area contributed by atoms with E-state index in [0.29, 0.717) is 14.5 Å². The summed E-state index contributed by atoms with van der Waals surface area (Å²) >= 11 is 0.571. The Labute approximate surface area is 72.2 Å². The summed E-state index contributed by atoms with van der Waals surface area (Å²) in [6.07, 6.45) is 0. The third kappa shape index (κ3) is 1.45. The second-order valence-electron chi connectivity index (χ2n) is 2.34. The Kier molecular flexibility index (Phi) is 1.93. The first-order chi connectivity index (χ1) is 5.47. The predicted molar refractivity (Wildman–Crippen MR) is 48.8 cm³/mol. The molecule has 54 valence electrons. The number of benzene rings is 1. The van der Waals surface area contributed by atoms with Gasteiger partial charge in [0, 0.05) is 0 Å². The SMILES string of the molecule is c1ccc(-c2ccc[se]2)cc1. The van der Waals surface area contributed by atoms with Crippen LogP contribution in [0.4, 0.5) is 0 Å². The van der Waals surface area contributed by atoms with Crippen LogP contribution in [0.25, 0.3) is 10.0 Å². The van der Waals surface area contributed by atoms with E-state index in [4.69, 9.17) is 0 Å². The van der Waals surface area contributed by atoms with Gasteiger partial charge in [0.25, 0.3) is 0 Å². The molecule has 0 atom stereocenters. The van der Waals surface area contributed by atoms with Crippen molar-refractivity contribution in [2.45, 2.75) is 0 Å². The van der Waals surface area contributed by atoms with Crippen molar-refractivity contribution in [1.29, 1.82) is 0 Å². The molecule has 1 aromatic carbocycles. The van der Waals surface area contributed by atoms with Gasteiger partial charge in [0.2, 0.25) is 0 Å². The summed E-state index contributed by atoms with van der Waals surface area (Å²) < 4.78 is 1.48. The molecule has 0 radical (unpaired) electrons. The van der Waals surface area contributed by atoms with Gasteiger partial charge < -0.3 is 0 Å². The van der Waals surface area contributed by atoms with Crippen LogP contribution < -0.4 is 0 Å². The molecular weight excluding hydrogens is 199 g/mol. The monoisotopic (exact) mass is 208 g/mol. The maximum absolute atomic E-state index is 2.25. The molecule has 0 saturated heterocycles. The first kappa shape index (κ1) is 6.90. The van der Waals surface area contributed by atoms with Crippen LogP contribution in [-0.4, -0.2) is 14.5 Å². The summed E-state index contributed by atoms with van der Waals surface area (Å²) in [5.74, 6) is 0. The van der Waals surface area contributed by atoms with Gasteiger partial charge in [0.15, 0.2) is 0 Å². The van der Waals surface area contributed by atoms with E-state index < -0.39 is 0 Å². The molecule has 2 aromatic rings. The van der Waals surface area contributed by atoms with Gasteiger partial charge in [0.1, 0.15) is 0 Å². The van der Waals surface area contributed by atoms with Crippen molar-refractivity contribution >= 4 is 14.5 Å². The molecule has 0 aliphatic heterocycles. The van der Waals surface area contributed by atoms with Gasteiger partial charge in [0.05, 0.1) is 0 Å². The molecule has 1 heteroatoms. The van der Waals surface area contributed by atoms with Gasteiger partial charge >= 0.3 is 71.9 Å². The van der Waals surface area contributed by atoms with Crippen LogP contribution in [0.15, 0.2) is 47.4 Å². The molecule has 0 aliphatic rings. The zero-order valence-corrected chi connectivity index (χ0v) is 7.74. The summed E-state index contributed by atoms with van der Waals surface area (Å²) in [7, 11) is 0. The Morgan fingerprint density at radius 3 is 2.27 bits per heavy atom. The van der Waals surface area contributed by atoms with Crippen molar-refractivity contribution in [3.8, 4) is 10.0 Å². The van der Waals surface area contributed by atoms with Gasteiger partial charge in [-0.1, -0.05) is 0 Å². The molecule has 0 amide bonds. The molecule has 0 unspecified atom stereocenters. The minimum atomic E-state index is 0.571. The average Bonchev–Trinajstić information content (AvgIpc) is 2.58. The molecule has 0 bridgehead atoms. The molecule has 0 aliphatic carbocycles. The first-order valence-electron chi connectivity index (χ1n) is 3.56. The molecule has 0 spiro atoms. The van der Waals surface area contributed by atoms with Crippen molar-refractivity contribution in [3.05, 3.63) is 47.4 Å². The molecular formula is C10H8Se. The summed E-state index contributed by atoms with van der Waals surface area (Å²) in [4.78, 5) is 2.25. The predicted octanol–water partition coefficient (Wildman–Crippen LogP) is 2.41. The Hall–Kier alpha value is -0.781. The Morgan fingerprint density at radius 2 is 1.64 bits per heavy atom. The standard InChI is InChI=1S/C10H8Se/c1-2-5-9(6-3-1)10-7-4-8-11-10/h1-8H. The van der Waals surface area contributed by atoms with E-state index in [-0.39, 0.29) is 0 Å². The van der Waals surface area contributed by atoms with Crippen LogP contribution in [0.2, 0.25) is 0 Å². The summed E-state index contributed by atoms with van der Waals surface area (Å²) in [5, 5.41) is 0. The quantitative estimate of drug-likeness (QED) is 0.630. The van der Waals surface area contributed by atoms with Crippen molar-refractivity contribution in [1.82, 2.24) is 0 Å². The van der Waals surface area contributed by atoms with Crippen LogP contribution in [0.3, 0.4) is 0 Å². The normalized spacial score (nSPS) is 9.82. The van der Waals surface area contributed by atoms with Crippen molar-refractivity contribution in [2.75, 3.05) is 0 Å². The first-order valence-corrected chi connectivity index (χ1v) is 5.40. The zero-order chi connectivity index (χ0) is 7.52. The van der Waals surface area contributed by atoms with E-state index in [1.165, 1.54) is 10.0 Å². The third-order valence-electron chi connectivity index (χ3n) is 1.58. The van der Waals surface area contributed by atoms with Crippen LogP contribution in [0, 0.1) is 0 Å². The van der Waals surface area contributed by atoms with E-state index in [0.717, 1.165) is 0 Å². The Morgan fingerprint density at radius 1 is 0.818 bits per heavy atom. The van der Waals surface area contributed by atoms with Crippen LogP contribution >= 0.6 is 0 Å². The summed E-state index contributed by atoms with van der Waals surface area (Å²) in [5.41, 5.74) is 1.37. The maximum atomic E-state index is 2.25. The van der Waals surface area contributed by atoms with E-state index in [1.54, 1.807) is 0 Å². The third-order valence-corrected chi connectivity index (χ3v) is 3.51. The van der Waals surface area contributed by atoms with Gasteiger partial charge in [-0.05, 0) is 0 Å². The van der Waals surface area contributed by atoms with Crippen molar-refractivity contribution in [3.63, 3.8) is 0 Å². The fourth-order valence-electron chi connectivity index (χ4n) is 1.05. The van der Waals surface area contributed by atoms with E-state index >= 15 is 0 Å². The number of hydrogen-bond acceptors (Lipinski definition) is 0. The zero-order valence-electron chi connectivity index (χ0n) is 6.03. The van der Waals surface area contributed by atoms with Crippen molar-refractivity contribution in [2.24, 2.45) is 0 Å². The second kappa shape index (κ2) is 3.08. The summed E-state index contributed by atoms with van der Waals surface area (Å²) in [6.45, 7) is 0. The van der Waals surface area contributed by atoms with Crippen molar-refractivity contribution < 1.29 is 0 Å². The van der Waals surface area contributed by atoms with Gasteiger partial charge in [-0.15, -0.1) is 0 Å². The molecule has 0 nitrogen and oxygen atoms in total. The van der Waals surface area contributed by atoms with Gasteiger partial charge in [-0.25, -0.2) is 0 Å². The molecule has 0 fully saturated rings. The summed E-state index contributed by atoms with van der Waals surface area (Å²) in [6, 6.07) is 14.9. The van der Waals surface area contributed by atoms with E-state index in [2.05, 4.69) is 47.4 Å². The van der Waals surface area contributed by atoms with Crippen LogP contribution in [-0.2, 0) is 0 Å². The molecule has 2 rings (SSSR count). The van der Waals surface area contributed by atoms with Crippen LogP contribution in [0.1, 0.15) is 0 Å². The Bertz CT molecular complexity index is 308. The molecule has 11 heavy (non-hydrogen) atoms. The van der Waals surface area contributed by atoms with Crippen LogP contribution in [0.5, 0.6) is 0 Å².